The highest BCUT2D eigenvalue weighted by atomic mass is 79.9. The zero-order valence-electron chi connectivity index (χ0n) is 14.3. The maximum atomic E-state index is 12.1. The largest absolute Gasteiger partial charge is 0.444 e. The molecule has 0 aliphatic rings. The van der Waals surface area contributed by atoms with Crippen LogP contribution in [0.1, 0.15) is 34.8 Å². The van der Waals surface area contributed by atoms with Gasteiger partial charge in [0.15, 0.2) is 10.4 Å². The lowest BCUT2D eigenvalue weighted by atomic mass is 10.2. The molecule has 1 heterocycles. The van der Waals surface area contributed by atoms with Crippen LogP contribution in [0.15, 0.2) is 45.5 Å². The molecule has 0 radical (unpaired) electrons. The molecule has 0 atom stereocenters. The fourth-order valence-electron chi connectivity index (χ4n) is 2.30. The molecule has 134 valence electrons. The third-order valence-corrected chi connectivity index (χ3v) is 4.24. The average Bonchev–Trinajstić information content (AvgIpc) is 3.06. The molecule has 0 saturated carbocycles. The van der Waals surface area contributed by atoms with Gasteiger partial charge < -0.3 is 20.0 Å². The van der Waals surface area contributed by atoms with Gasteiger partial charge in [-0.15, -0.1) is 0 Å². The van der Waals surface area contributed by atoms with Crippen LogP contribution < -0.4 is 10.6 Å². The van der Waals surface area contributed by atoms with Gasteiger partial charge in [-0.2, -0.15) is 0 Å². The van der Waals surface area contributed by atoms with Crippen LogP contribution in [0.2, 0.25) is 0 Å². The Balaban J connectivity index is 1.86. The molecule has 0 fully saturated rings. The second-order valence-corrected chi connectivity index (χ2v) is 6.20. The molecule has 0 saturated heterocycles. The van der Waals surface area contributed by atoms with Gasteiger partial charge in [0.1, 0.15) is 0 Å². The van der Waals surface area contributed by atoms with E-state index in [1.807, 2.05) is 0 Å². The van der Waals surface area contributed by atoms with Crippen molar-refractivity contribution >= 4 is 33.4 Å². The van der Waals surface area contributed by atoms with Crippen LogP contribution in [-0.2, 0) is 0 Å². The van der Waals surface area contributed by atoms with E-state index in [2.05, 4.69) is 45.3 Å². The van der Waals surface area contributed by atoms with E-state index in [4.69, 9.17) is 4.42 Å². The fraction of sp³-hybridized carbons (Fsp3) is 0.333. The van der Waals surface area contributed by atoms with Gasteiger partial charge >= 0.3 is 0 Å². The molecule has 2 rings (SSSR count). The molecular weight excluding hydrogens is 386 g/mol. The highest BCUT2D eigenvalue weighted by Gasteiger charge is 2.11. The monoisotopic (exact) mass is 407 g/mol. The van der Waals surface area contributed by atoms with Crippen molar-refractivity contribution in [1.29, 1.82) is 0 Å². The average molecular weight is 408 g/mol. The van der Waals surface area contributed by atoms with Gasteiger partial charge in [-0.1, -0.05) is 13.8 Å². The summed E-state index contributed by atoms with van der Waals surface area (Å²) >= 11 is 3.16. The number of halogens is 1. The number of benzene rings is 1. The first-order valence-corrected chi connectivity index (χ1v) is 9.00. The lowest BCUT2D eigenvalue weighted by molar-refractivity contribution is 0.0948. The summed E-state index contributed by atoms with van der Waals surface area (Å²) < 4.78 is 5.69. The molecule has 6 nitrogen and oxygen atoms in total. The molecule has 2 N–H and O–H groups in total. The van der Waals surface area contributed by atoms with E-state index in [9.17, 15) is 9.59 Å². The number of amides is 2. The standard InChI is InChI=1S/C18H22BrN3O3/c1-3-22(4-2)12-11-20-17(23)13-5-7-14(8-6-13)21-18(24)15-9-10-16(19)25-15/h5-10H,3-4,11-12H2,1-2H3,(H,20,23)(H,21,24). The lowest BCUT2D eigenvalue weighted by Gasteiger charge is -2.17. The number of rotatable bonds is 8. The minimum atomic E-state index is -0.345. The van der Waals surface area contributed by atoms with Crippen molar-refractivity contribution in [3.8, 4) is 0 Å². The highest BCUT2D eigenvalue weighted by molar-refractivity contribution is 9.10. The molecule has 0 aliphatic heterocycles. The van der Waals surface area contributed by atoms with Crippen LogP contribution in [0.25, 0.3) is 0 Å². The van der Waals surface area contributed by atoms with Gasteiger partial charge in [-0.25, -0.2) is 0 Å². The van der Waals surface area contributed by atoms with E-state index >= 15 is 0 Å². The second kappa shape index (κ2) is 9.39. The number of likely N-dealkylation sites (N-methyl/N-ethyl adjacent to an activating group) is 1. The van der Waals surface area contributed by atoms with Crippen molar-refractivity contribution < 1.29 is 14.0 Å². The van der Waals surface area contributed by atoms with Crippen molar-refractivity contribution in [2.45, 2.75) is 13.8 Å². The van der Waals surface area contributed by atoms with Gasteiger partial charge in [0, 0.05) is 24.3 Å². The van der Waals surface area contributed by atoms with Gasteiger partial charge in [0.25, 0.3) is 11.8 Å². The number of carbonyl (C=O) groups excluding carboxylic acids is 2. The number of nitrogens with one attached hydrogen (secondary N) is 2. The molecule has 1 aromatic heterocycles. The Bertz CT molecular complexity index is 709. The molecule has 0 spiro atoms. The first-order valence-electron chi connectivity index (χ1n) is 8.20. The first-order chi connectivity index (χ1) is 12.0. The molecular formula is C18H22BrN3O3. The van der Waals surface area contributed by atoms with Crippen LogP contribution >= 0.6 is 15.9 Å². The molecule has 0 bridgehead atoms. The third-order valence-electron chi connectivity index (χ3n) is 3.81. The summed E-state index contributed by atoms with van der Waals surface area (Å²) in [5.74, 6) is -0.257. The van der Waals surface area contributed by atoms with Crippen molar-refractivity contribution in [3.63, 3.8) is 0 Å². The summed E-state index contributed by atoms with van der Waals surface area (Å²) in [5, 5.41) is 5.62. The van der Waals surface area contributed by atoms with Crippen molar-refractivity contribution in [2.24, 2.45) is 0 Å². The van der Waals surface area contributed by atoms with Crippen LogP contribution in [-0.4, -0.2) is 42.9 Å². The smallest absolute Gasteiger partial charge is 0.291 e. The summed E-state index contributed by atoms with van der Waals surface area (Å²) in [5.41, 5.74) is 1.15. The fourth-order valence-corrected chi connectivity index (χ4v) is 2.61. The molecule has 0 unspecified atom stereocenters. The predicted octanol–water partition coefficient (Wildman–Crippen LogP) is 3.37. The number of hydrogen-bond donors (Lipinski definition) is 2. The second-order valence-electron chi connectivity index (χ2n) is 5.42. The number of hydrogen-bond acceptors (Lipinski definition) is 4. The van der Waals surface area contributed by atoms with Gasteiger partial charge in [0.2, 0.25) is 0 Å². The Hall–Kier alpha value is -2.12. The molecule has 2 aromatic rings. The van der Waals surface area contributed by atoms with E-state index in [0.29, 0.717) is 22.5 Å². The van der Waals surface area contributed by atoms with Crippen LogP contribution in [0, 0.1) is 0 Å². The van der Waals surface area contributed by atoms with Crippen molar-refractivity contribution in [1.82, 2.24) is 10.2 Å². The molecule has 2 amide bonds. The molecule has 7 heteroatoms. The summed E-state index contributed by atoms with van der Waals surface area (Å²) in [7, 11) is 0. The zero-order chi connectivity index (χ0) is 18.2. The topological polar surface area (TPSA) is 74.6 Å². The molecule has 25 heavy (non-hydrogen) atoms. The minimum Gasteiger partial charge on any atom is -0.444 e. The number of anilines is 1. The Kier molecular flexibility index (Phi) is 7.21. The maximum absolute atomic E-state index is 12.1. The van der Waals surface area contributed by atoms with E-state index in [1.54, 1.807) is 36.4 Å². The number of carbonyl (C=O) groups is 2. The Labute approximate surface area is 155 Å². The quantitative estimate of drug-likeness (QED) is 0.703. The van der Waals surface area contributed by atoms with Crippen molar-refractivity contribution in [2.75, 3.05) is 31.5 Å². The summed E-state index contributed by atoms with van der Waals surface area (Å²) in [4.78, 5) is 26.4. The third kappa shape index (κ3) is 5.72. The first kappa shape index (κ1) is 19.2. The van der Waals surface area contributed by atoms with Gasteiger partial charge in [-0.3, -0.25) is 9.59 Å². The molecule has 0 aliphatic carbocycles. The van der Waals surface area contributed by atoms with Crippen LogP contribution in [0.3, 0.4) is 0 Å². The SMILES string of the molecule is CCN(CC)CCNC(=O)c1ccc(NC(=O)c2ccc(Br)o2)cc1. The lowest BCUT2D eigenvalue weighted by Crippen LogP contribution is -2.34. The maximum Gasteiger partial charge on any atom is 0.291 e. The summed E-state index contributed by atoms with van der Waals surface area (Å²) in [6.45, 7) is 7.55. The Morgan fingerprint density at radius 2 is 1.72 bits per heavy atom. The number of nitrogens with zero attached hydrogens (tertiary/aromatic N) is 1. The van der Waals surface area contributed by atoms with Gasteiger partial charge in [-0.05, 0) is 65.4 Å². The van der Waals surface area contributed by atoms with E-state index in [-0.39, 0.29) is 17.6 Å². The minimum absolute atomic E-state index is 0.125. The van der Waals surface area contributed by atoms with E-state index < -0.39 is 0 Å². The van der Waals surface area contributed by atoms with E-state index in [1.165, 1.54) is 0 Å². The van der Waals surface area contributed by atoms with Crippen LogP contribution in [0.5, 0.6) is 0 Å². The Morgan fingerprint density at radius 3 is 2.28 bits per heavy atom. The van der Waals surface area contributed by atoms with Crippen LogP contribution in [0.4, 0.5) is 5.69 Å². The van der Waals surface area contributed by atoms with Crippen molar-refractivity contribution in [3.05, 3.63) is 52.4 Å². The number of furan rings is 1. The normalized spacial score (nSPS) is 10.7. The predicted molar refractivity (Wildman–Crippen MR) is 101 cm³/mol. The highest BCUT2D eigenvalue weighted by Crippen LogP contribution is 2.16. The summed E-state index contributed by atoms with van der Waals surface area (Å²) in [6, 6.07) is 9.98. The summed E-state index contributed by atoms with van der Waals surface area (Å²) in [6.07, 6.45) is 0. The zero-order valence-corrected chi connectivity index (χ0v) is 15.9. The molecule has 1 aromatic carbocycles. The van der Waals surface area contributed by atoms with E-state index in [0.717, 1.165) is 19.6 Å². The van der Waals surface area contributed by atoms with Gasteiger partial charge in [0.05, 0.1) is 0 Å². The Morgan fingerprint density at radius 1 is 1.04 bits per heavy atom.